The van der Waals surface area contributed by atoms with Crippen LogP contribution >= 0.6 is 0 Å². The van der Waals surface area contributed by atoms with Gasteiger partial charge in [-0.05, 0) is 138 Å². The number of alkyl halides is 3. The molecule has 2 aliphatic heterocycles. The lowest BCUT2D eigenvalue weighted by molar-refractivity contribution is -0.137. The van der Waals surface area contributed by atoms with E-state index in [0.29, 0.717) is 6.61 Å². The van der Waals surface area contributed by atoms with E-state index in [1.54, 1.807) is 26.4 Å². The zero-order valence-electron chi connectivity index (χ0n) is 37.7. The number of rotatable bonds is 14. The average molecular weight is 866 g/mol. The first-order valence-electron chi connectivity index (χ1n) is 23.1. The number of nitrogens with zero attached hydrogens (tertiary/aromatic N) is 1. The van der Waals surface area contributed by atoms with Crippen molar-refractivity contribution < 1.29 is 32.1 Å². The Kier molecular flexibility index (Phi) is 11.9. The highest BCUT2D eigenvalue weighted by atomic mass is 19.4. The van der Waals surface area contributed by atoms with E-state index in [4.69, 9.17) is 18.9 Å². The molecule has 1 fully saturated rings. The summed E-state index contributed by atoms with van der Waals surface area (Å²) < 4.78 is 66.9. The third-order valence-electron chi connectivity index (χ3n) is 13.8. The molecule has 2 heterocycles. The van der Waals surface area contributed by atoms with Crippen LogP contribution in [0.15, 0.2) is 109 Å². The van der Waals surface area contributed by atoms with Crippen molar-refractivity contribution in [2.45, 2.75) is 95.8 Å². The maximum atomic E-state index is 13.7. The van der Waals surface area contributed by atoms with E-state index in [0.717, 1.165) is 137 Å². The van der Waals surface area contributed by atoms with Gasteiger partial charge in [0.25, 0.3) is 0 Å². The number of unbranched alkanes of at least 4 members (excludes halogenated alkanes) is 1. The Labute approximate surface area is 375 Å². The van der Waals surface area contributed by atoms with Crippen molar-refractivity contribution >= 4 is 22.5 Å². The number of ether oxygens (including phenoxy) is 4. The van der Waals surface area contributed by atoms with Crippen molar-refractivity contribution in [2.24, 2.45) is 0 Å². The summed E-state index contributed by atoms with van der Waals surface area (Å²) in [4.78, 5) is 2.47. The molecule has 3 aliphatic rings. The Morgan fingerprint density at radius 3 is 1.95 bits per heavy atom. The molecule has 0 saturated carbocycles. The highest BCUT2D eigenvalue weighted by Crippen LogP contribution is 2.62. The third kappa shape index (κ3) is 7.46. The van der Waals surface area contributed by atoms with Gasteiger partial charge in [0.1, 0.15) is 23.0 Å². The molecule has 0 aromatic heterocycles. The van der Waals surface area contributed by atoms with E-state index in [1.807, 2.05) is 24.3 Å². The molecule has 0 N–H and O–H groups in total. The standard InChI is InChI=1S/C56H58F3NO4/c1-6-9-33-63-43-24-20-40(21-25-43)55(39-18-22-42(61-4)23-19-39)30-27-45-52-51(46-35-49(60-31-11-10-12-32-60)50(62-5)36-47(46)53(45)64-55)44-26-15-38(34-48(44)54(52,28-7-2)29-8-3)37-13-16-41(17-14-37)56(57,58)59/h13-27,30,34-36H,6-12,28-29,31-33H2,1-5H3. The molecule has 6 aromatic carbocycles. The molecule has 9 rings (SSSR count). The summed E-state index contributed by atoms with van der Waals surface area (Å²) in [5, 5.41) is 2.07. The van der Waals surface area contributed by atoms with Gasteiger partial charge in [-0.15, -0.1) is 0 Å². The lowest BCUT2D eigenvalue weighted by Gasteiger charge is -2.40. The van der Waals surface area contributed by atoms with Gasteiger partial charge in [0.2, 0.25) is 0 Å². The molecular formula is C56H58F3NO4. The first-order valence-corrected chi connectivity index (χ1v) is 23.1. The molecule has 5 nitrogen and oxygen atoms in total. The van der Waals surface area contributed by atoms with Crippen LogP contribution in [-0.4, -0.2) is 33.9 Å². The molecule has 64 heavy (non-hydrogen) atoms. The summed E-state index contributed by atoms with van der Waals surface area (Å²) in [6.45, 7) is 9.22. The highest BCUT2D eigenvalue weighted by molar-refractivity contribution is 6.10. The summed E-state index contributed by atoms with van der Waals surface area (Å²) in [7, 11) is 3.43. The summed E-state index contributed by atoms with van der Waals surface area (Å²) in [6, 6.07) is 33.1. The SMILES string of the molecule is CCCCOc1ccc(C2(c3ccc(OC)cc3)C=Cc3c4c(c5cc(N6CCCCC6)c(OC)cc5c3O2)-c2ccc(-c3ccc(C(F)(F)F)cc3)cc2C4(CCC)CCC)cc1. The summed E-state index contributed by atoms with van der Waals surface area (Å²) >= 11 is 0. The molecule has 6 aromatic rings. The number of hydrogen-bond acceptors (Lipinski definition) is 5. The van der Waals surface area contributed by atoms with E-state index in [1.165, 1.54) is 35.2 Å². The molecular weight excluding hydrogens is 808 g/mol. The van der Waals surface area contributed by atoms with Crippen molar-refractivity contribution in [1.82, 2.24) is 0 Å². The second-order valence-corrected chi connectivity index (χ2v) is 17.7. The van der Waals surface area contributed by atoms with E-state index < -0.39 is 22.8 Å². The van der Waals surface area contributed by atoms with Gasteiger partial charge in [-0.1, -0.05) is 94.6 Å². The Hall–Kier alpha value is -5.89. The number of methoxy groups -OCH3 is 2. The average Bonchev–Trinajstić information content (AvgIpc) is 3.60. The molecule has 1 aliphatic carbocycles. The second kappa shape index (κ2) is 17.6. The van der Waals surface area contributed by atoms with Gasteiger partial charge in [-0.25, -0.2) is 0 Å². The van der Waals surface area contributed by atoms with Crippen molar-refractivity contribution in [1.29, 1.82) is 0 Å². The van der Waals surface area contributed by atoms with E-state index in [-0.39, 0.29) is 0 Å². The fraction of sp³-hybridized carbons (Fsp3) is 0.357. The van der Waals surface area contributed by atoms with Crippen LogP contribution in [0.3, 0.4) is 0 Å². The molecule has 1 unspecified atom stereocenters. The molecule has 332 valence electrons. The Bertz CT molecular complexity index is 2660. The van der Waals surface area contributed by atoms with E-state index in [9.17, 15) is 13.2 Å². The van der Waals surface area contributed by atoms with Crippen molar-refractivity contribution in [2.75, 3.05) is 38.8 Å². The summed E-state index contributed by atoms with van der Waals surface area (Å²) in [5.41, 5.74) is 8.48. The van der Waals surface area contributed by atoms with Crippen LogP contribution in [0.25, 0.3) is 39.1 Å². The van der Waals surface area contributed by atoms with Gasteiger partial charge >= 0.3 is 6.18 Å². The number of halogens is 3. The Morgan fingerprint density at radius 1 is 0.688 bits per heavy atom. The smallest absolute Gasteiger partial charge is 0.416 e. The van der Waals surface area contributed by atoms with Crippen LogP contribution in [0.2, 0.25) is 0 Å². The van der Waals surface area contributed by atoms with Gasteiger partial charge in [0.05, 0.1) is 32.1 Å². The predicted molar refractivity (Wildman–Crippen MR) is 253 cm³/mol. The number of benzene rings is 6. The summed E-state index contributed by atoms with van der Waals surface area (Å²) in [6.07, 6.45) is 9.25. The van der Waals surface area contributed by atoms with Gasteiger partial charge in [0.15, 0.2) is 5.60 Å². The van der Waals surface area contributed by atoms with E-state index >= 15 is 0 Å². The minimum atomic E-state index is -4.40. The first-order chi connectivity index (χ1) is 31.1. The highest BCUT2D eigenvalue weighted by Gasteiger charge is 2.48. The van der Waals surface area contributed by atoms with Crippen LogP contribution < -0.4 is 23.8 Å². The van der Waals surface area contributed by atoms with Crippen LogP contribution in [-0.2, 0) is 17.2 Å². The minimum absolute atomic E-state index is 0.398. The number of hydrogen-bond donors (Lipinski definition) is 0. The second-order valence-electron chi connectivity index (χ2n) is 17.7. The molecule has 8 heteroatoms. The van der Waals surface area contributed by atoms with Gasteiger partial charge < -0.3 is 23.8 Å². The topological polar surface area (TPSA) is 40.2 Å². The maximum Gasteiger partial charge on any atom is 0.416 e. The first kappa shape index (κ1) is 43.4. The number of fused-ring (bicyclic) bond motifs is 8. The zero-order valence-corrected chi connectivity index (χ0v) is 37.7. The Morgan fingerprint density at radius 2 is 1.34 bits per heavy atom. The van der Waals surface area contributed by atoms with Crippen molar-refractivity contribution in [3.05, 3.63) is 143 Å². The van der Waals surface area contributed by atoms with Crippen LogP contribution in [0, 0.1) is 0 Å². The number of anilines is 1. The predicted octanol–water partition coefficient (Wildman–Crippen LogP) is 14.9. The minimum Gasteiger partial charge on any atom is -0.497 e. The zero-order chi connectivity index (χ0) is 44.6. The van der Waals surface area contributed by atoms with Gasteiger partial charge in [-0.3, -0.25) is 0 Å². The lowest BCUT2D eigenvalue weighted by Crippen LogP contribution is -2.35. The molecule has 0 radical (unpaired) electrons. The third-order valence-corrected chi connectivity index (χ3v) is 13.8. The van der Waals surface area contributed by atoms with Crippen LogP contribution in [0.4, 0.5) is 18.9 Å². The van der Waals surface area contributed by atoms with Gasteiger partial charge in [-0.2, -0.15) is 13.2 Å². The normalized spacial score (nSPS) is 17.4. The quantitative estimate of drug-likeness (QED) is 0.102. The van der Waals surface area contributed by atoms with Crippen molar-refractivity contribution in [3.8, 4) is 45.3 Å². The summed E-state index contributed by atoms with van der Waals surface area (Å²) in [5.74, 6) is 3.18. The fourth-order valence-corrected chi connectivity index (χ4v) is 10.7. The van der Waals surface area contributed by atoms with E-state index in [2.05, 4.69) is 92.4 Å². The van der Waals surface area contributed by atoms with Gasteiger partial charge in [0, 0.05) is 40.6 Å². The molecule has 0 bridgehead atoms. The molecule has 0 amide bonds. The number of piperidine rings is 1. The van der Waals surface area contributed by atoms with Crippen molar-refractivity contribution in [3.63, 3.8) is 0 Å². The van der Waals surface area contributed by atoms with Crippen LogP contribution in [0.1, 0.15) is 112 Å². The fourth-order valence-electron chi connectivity index (χ4n) is 10.7. The molecule has 1 saturated heterocycles. The monoisotopic (exact) mass is 865 g/mol. The molecule has 1 atom stereocenters. The maximum absolute atomic E-state index is 13.7. The lowest BCUT2D eigenvalue weighted by atomic mass is 9.69. The molecule has 0 spiro atoms. The van der Waals surface area contributed by atoms with Crippen LogP contribution in [0.5, 0.6) is 23.0 Å². The Balaban J connectivity index is 1.32. The largest absolute Gasteiger partial charge is 0.497 e.